The number of anilines is 1. The van der Waals surface area contributed by atoms with Crippen LogP contribution in [0.3, 0.4) is 0 Å². The molecule has 5 rings (SSSR count). The maximum Gasteiger partial charge on any atom is 0.198 e. The largest absolute Gasteiger partial charge is 0.494 e. The van der Waals surface area contributed by atoms with Crippen LogP contribution in [0, 0.1) is 5.82 Å². The monoisotopic (exact) mass is 400 g/mol. The van der Waals surface area contributed by atoms with Gasteiger partial charge in [-0.15, -0.1) is 0 Å². The van der Waals surface area contributed by atoms with Gasteiger partial charge in [0.05, 0.1) is 16.9 Å². The average Bonchev–Trinajstić information content (AvgIpc) is 3.37. The molecule has 0 bridgehead atoms. The number of hydrogen-bond acceptors (Lipinski definition) is 4. The molecular formula is C24H21FN4O. The summed E-state index contributed by atoms with van der Waals surface area (Å²) in [6.45, 7) is 1.60. The Hall–Kier alpha value is -3.67. The second-order valence-electron chi connectivity index (χ2n) is 7.54. The van der Waals surface area contributed by atoms with Crippen LogP contribution in [0.4, 0.5) is 15.8 Å². The molecule has 4 aromatic rings. The number of aromatic nitrogens is 2. The quantitative estimate of drug-likeness (QED) is 0.466. The summed E-state index contributed by atoms with van der Waals surface area (Å²) in [6.07, 6.45) is 6.16. The molecule has 0 aliphatic carbocycles. The molecule has 2 N–H and O–H groups in total. The summed E-state index contributed by atoms with van der Waals surface area (Å²) >= 11 is 0. The molecule has 0 amide bonds. The first-order valence-electron chi connectivity index (χ1n) is 9.97. The van der Waals surface area contributed by atoms with Gasteiger partial charge in [0, 0.05) is 54.6 Å². The lowest BCUT2D eigenvalue weighted by molar-refractivity contribution is 0.457. The lowest BCUT2D eigenvalue weighted by atomic mass is 10.00. The molecule has 1 saturated heterocycles. The van der Waals surface area contributed by atoms with Gasteiger partial charge < -0.3 is 15.0 Å². The fraction of sp³-hybridized carbons (Fsp3) is 0.167. The van der Waals surface area contributed by atoms with Gasteiger partial charge in [0.1, 0.15) is 5.82 Å². The second kappa shape index (κ2) is 7.63. The molecule has 5 nitrogen and oxygen atoms in total. The standard InChI is InChI=1S/C24H21FN4O/c25-21-13-18(27-14-20-19-3-1-2-4-22(19)28-24(20)30)5-6-23(21)29-12-9-17(15-29)16-7-10-26-11-8-16/h1-8,10-11,13-14,17,28,30H,9,12,15H2. The van der Waals surface area contributed by atoms with Gasteiger partial charge in [-0.2, -0.15) is 0 Å². The summed E-state index contributed by atoms with van der Waals surface area (Å²) in [7, 11) is 0. The summed E-state index contributed by atoms with van der Waals surface area (Å²) in [6, 6.07) is 16.7. The van der Waals surface area contributed by atoms with Crippen molar-refractivity contribution in [3.63, 3.8) is 0 Å². The number of nitrogens with zero attached hydrogens (tertiary/aromatic N) is 3. The Bertz CT molecular complexity index is 1220. The fourth-order valence-corrected chi connectivity index (χ4v) is 4.14. The maximum atomic E-state index is 14.8. The zero-order chi connectivity index (χ0) is 20.5. The number of aromatic amines is 1. The highest BCUT2D eigenvalue weighted by Crippen LogP contribution is 2.33. The minimum Gasteiger partial charge on any atom is -0.494 e. The number of halogens is 1. The summed E-state index contributed by atoms with van der Waals surface area (Å²) in [5.41, 5.74) is 3.77. The molecule has 1 atom stereocenters. The molecule has 1 aliphatic rings. The smallest absolute Gasteiger partial charge is 0.198 e. The molecule has 1 aliphatic heterocycles. The van der Waals surface area contributed by atoms with Crippen molar-refractivity contribution in [3.8, 4) is 5.88 Å². The summed E-state index contributed by atoms with van der Waals surface area (Å²) in [5, 5.41) is 11.0. The van der Waals surface area contributed by atoms with E-state index in [0.717, 1.165) is 30.4 Å². The van der Waals surface area contributed by atoms with E-state index in [4.69, 9.17) is 0 Å². The normalized spacial score (nSPS) is 16.7. The number of pyridine rings is 1. The Labute approximate surface area is 173 Å². The van der Waals surface area contributed by atoms with Crippen LogP contribution in [0.5, 0.6) is 5.88 Å². The van der Waals surface area contributed by atoms with Crippen LogP contribution in [-0.2, 0) is 0 Å². The van der Waals surface area contributed by atoms with E-state index in [1.165, 1.54) is 11.6 Å². The van der Waals surface area contributed by atoms with Gasteiger partial charge in [0.2, 0.25) is 0 Å². The van der Waals surface area contributed by atoms with Gasteiger partial charge >= 0.3 is 0 Å². The lowest BCUT2D eigenvalue weighted by Gasteiger charge is -2.19. The molecule has 0 radical (unpaired) electrons. The van der Waals surface area contributed by atoms with Gasteiger partial charge in [0.25, 0.3) is 0 Å². The van der Waals surface area contributed by atoms with Crippen molar-refractivity contribution >= 4 is 28.5 Å². The van der Waals surface area contributed by atoms with E-state index in [1.54, 1.807) is 30.7 Å². The predicted molar refractivity (Wildman–Crippen MR) is 117 cm³/mol. The van der Waals surface area contributed by atoms with Gasteiger partial charge in [-0.25, -0.2) is 4.39 Å². The molecule has 6 heteroatoms. The topological polar surface area (TPSA) is 64.5 Å². The zero-order valence-electron chi connectivity index (χ0n) is 16.3. The number of fused-ring (bicyclic) bond motifs is 1. The van der Waals surface area contributed by atoms with E-state index in [1.807, 2.05) is 36.4 Å². The van der Waals surface area contributed by atoms with Crippen LogP contribution in [0.2, 0.25) is 0 Å². The highest BCUT2D eigenvalue weighted by atomic mass is 19.1. The number of rotatable bonds is 4. The van der Waals surface area contributed by atoms with Gasteiger partial charge in [-0.3, -0.25) is 9.98 Å². The Kier molecular flexibility index (Phi) is 4.67. The third-order valence-electron chi connectivity index (χ3n) is 5.71. The Balaban J connectivity index is 1.35. The Morgan fingerprint density at radius 2 is 1.97 bits per heavy atom. The number of aliphatic imine (C=N–C) groups is 1. The molecule has 1 fully saturated rings. The van der Waals surface area contributed by atoms with Crippen molar-refractivity contribution in [3.05, 3.63) is 83.9 Å². The number of benzene rings is 2. The van der Waals surface area contributed by atoms with E-state index in [2.05, 4.69) is 19.9 Å². The molecule has 30 heavy (non-hydrogen) atoms. The van der Waals surface area contributed by atoms with E-state index in [0.29, 0.717) is 22.9 Å². The highest BCUT2D eigenvalue weighted by molar-refractivity contribution is 6.02. The predicted octanol–water partition coefficient (Wildman–Crippen LogP) is 5.15. The summed E-state index contributed by atoms with van der Waals surface area (Å²) in [5.74, 6) is 0.148. The fourth-order valence-electron chi connectivity index (χ4n) is 4.14. The van der Waals surface area contributed by atoms with Crippen LogP contribution in [0.1, 0.15) is 23.5 Å². The number of H-pyrrole nitrogens is 1. The van der Waals surface area contributed by atoms with Gasteiger partial charge in [-0.1, -0.05) is 18.2 Å². The average molecular weight is 400 g/mol. The first kappa shape index (κ1) is 18.4. The third kappa shape index (κ3) is 3.41. The van der Waals surface area contributed by atoms with E-state index >= 15 is 0 Å². The highest BCUT2D eigenvalue weighted by Gasteiger charge is 2.25. The lowest BCUT2D eigenvalue weighted by Crippen LogP contribution is -2.20. The van der Waals surface area contributed by atoms with Gasteiger partial charge in [0.15, 0.2) is 5.88 Å². The number of hydrogen-bond donors (Lipinski definition) is 2. The van der Waals surface area contributed by atoms with Crippen LogP contribution in [0.25, 0.3) is 10.9 Å². The minimum atomic E-state index is -0.289. The number of para-hydroxylation sites is 1. The first-order chi connectivity index (χ1) is 14.7. The molecule has 3 heterocycles. The molecule has 2 aromatic carbocycles. The molecular weight excluding hydrogens is 379 g/mol. The molecule has 150 valence electrons. The molecule has 0 saturated carbocycles. The van der Waals surface area contributed by atoms with Crippen molar-refractivity contribution in [1.29, 1.82) is 0 Å². The van der Waals surface area contributed by atoms with Crippen molar-refractivity contribution in [2.75, 3.05) is 18.0 Å². The van der Waals surface area contributed by atoms with Crippen molar-refractivity contribution in [1.82, 2.24) is 9.97 Å². The Morgan fingerprint density at radius 3 is 2.80 bits per heavy atom. The van der Waals surface area contributed by atoms with Crippen LogP contribution in [-0.4, -0.2) is 34.4 Å². The molecule has 1 unspecified atom stereocenters. The van der Waals surface area contributed by atoms with Gasteiger partial charge in [-0.05, 0) is 42.3 Å². The first-order valence-corrected chi connectivity index (χ1v) is 9.97. The van der Waals surface area contributed by atoms with E-state index in [-0.39, 0.29) is 11.7 Å². The van der Waals surface area contributed by atoms with Crippen molar-refractivity contribution in [2.45, 2.75) is 12.3 Å². The number of nitrogens with one attached hydrogen (secondary N) is 1. The van der Waals surface area contributed by atoms with Crippen molar-refractivity contribution in [2.24, 2.45) is 4.99 Å². The van der Waals surface area contributed by atoms with E-state index < -0.39 is 0 Å². The minimum absolute atomic E-state index is 0.0521. The SMILES string of the molecule is Oc1[nH]c2ccccc2c1C=Nc1ccc(N2CCC(c3ccncc3)C2)c(F)c1. The molecule has 0 spiro atoms. The summed E-state index contributed by atoms with van der Waals surface area (Å²) in [4.78, 5) is 13.5. The van der Waals surface area contributed by atoms with Crippen LogP contribution < -0.4 is 4.90 Å². The zero-order valence-corrected chi connectivity index (χ0v) is 16.3. The third-order valence-corrected chi connectivity index (χ3v) is 5.71. The maximum absolute atomic E-state index is 14.8. The molecule has 2 aromatic heterocycles. The summed E-state index contributed by atoms with van der Waals surface area (Å²) < 4.78 is 14.8. The number of aromatic hydroxyl groups is 1. The second-order valence-corrected chi connectivity index (χ2v) is 7.54. The van der Waals surface area contributed by atoms with Crippen LogP contribution in [0.15, 0.2) is 72.0 Å². The van der Waals surface area contributed by atoms with E-state index in [9.17, 15) is 9.50 Å². The Morgan fingerprint density at radius 1 is 1.13 bits per heavy atom. The van der Waals surface area contributed by atoms with Crippen molar-refractivity contribution < 1.29 is 9.50 Å². The van der Waals surface area contributed by atoms with Crippen LogP contribution >= 0.6 is 0 Å².